The minimum absolute atomic E-state index is 0.0130. The van der Waals surface area contributed by atoms with Crippen molar-refractivity contribution in [2.24, 2.45) is 17.8 Å². The van der Waals surface area contributed by atoms with Crippen LogP contribution in [-0.4, -0.2) is 30.9 Å². The molecule has 2 N–H and O–H groups in total. The molecule has 3 rings (SSSR count). The van der Waals surface area contributed by atoms with E-state index in [1.54, 1.807) is 12.1 Å². The van der Waals surface area contributed by atoms with Crippen molar-refractivity contribution in [3.63, 3.8) is 0 Å². The minimum atomic E-state index is -0.141. The Morgan fingerprint density at radius 3 is 2.24 bits per heavy atom. The third-order valence-electron chi connectivity index (χ3n) is 6.55. The molecule has 1 atom stereocenters. The molecule has 1 saturated carbocycles. The molecule has 182 valence electrons. The van der Waals surface area contributed by atoms with Crippen molar-refractivity contribution in [1.29, 1.82) is 0 Å². The number of hydrogen-bond donors (Lipinski definition) is 2. The van der Waals surface area contributed by atoms with E-state index in [0.717, 1.165) is 44.2 Å². The molecule has 34 heavy (non-hydrogen) atoms. The van der Waals surface area contributed by atoms with E-state index in [1.807, 2.05) is 55.5 Å². The molecule has 1 aliphatic carbocycles. The van der Waals surface area contributed by atoms with Gasteiger partial charge in [0.15, 0.2) is 0 Å². The fraction of sp³-hybridized carbons (Fsp3) is 0.464. The first-order chi connectivity index (χ1) is 16.6. The molecular formula is C28H36N2O4. The first-order valence-corrected chi connectivity index (χ1v) is 12.4. The Balaban J connectivity index is 1.52. The highest BCUT2D eigenvalue weighted by atomic mass is 16.5. The number of benzene rings is 2. The zero-order valence-corrected chi connectivity index (χ0v) is 20.0. The van der Waals surface area contributed by atoms with Crippen LogP contribution in [-0.2, 0) is 14.3 Å². The number of carbonyl (C=O) groups is 3. The fourth-order valence-corrected chi connectivity index (χ4v) is 4.66. The van der Waals surface area contributed by atoms with Crippen LogP contribution in [0.15, 0.2) is 60.7 Å². The minimum Gasteiger partial charge on any atom is -0.466 e. The number of esters is 1. The zero-order valence-electron chi connectivity index (χ0n) is 20.0. The van der Waals surface area contributed by atoms with Gasteiger partial charge in [-0.3, -0.25) is 14.4 Å². The summed E-state index contributed by atoms with van der Waals surface area (Å²) in [7, 11) is 0. The summed E-state index contributed by atoms with van der Waals surface area (Å²) in [4.78, 5) is 37.5. The molecule has 2 aromatic rings. The van der Waals surface area contributed by atoms with E-state index in [0.29, 0.717) is 31.1 Å². The number of rotatable bonds is 11. The van der Waals surface area contributed by atoms with Crippen LogP contribution in [0.4, 0.5) is 5.69 Å². The van der Waals surface area contributed by atoms with E-state index in [9.17, 15) is 14.4 Å². The van der Waals surface area contributed by atoms with Crippen molar-refractivity contribution in [2.75, 3.05) is 18.5 Å². The highest BCUT2D eigenvalue weighted by Crippen LogP contribution is 2.34. The summed E-state index contributed by atoms with van der Waals surface area (Å²) in [5, 5.41) is 6.01. The summed E-state index contributed by atoms with van der Waals surface area (Å²) in [6.07, 6.45) is 5.73. The lowest BCUT2D eigenvalue weighted by Gasteiger charge is -2.29. The molecule has 6 nitrogen and oxygen atoms in total. The molecule has 0 bridgehead atoms. The Labute approximate surface area is 202 Å². The maximum Gasteiger partial charge on any atom is 0.308 e. The molecular weight excluding hydrogens is 428 g/mol. The lowest BCUT2D eigenvalue weighted by atomic mass is 9.77. The highest BCUT2D eigenvalue weighted by molar-refractivity contribution is 5.94. The Kier molecular flexibility index (Phi) is 10.1. The van der Waals surface area contributed by atoms with Crippen molar-refractivity contribution < 1.29 is 19.1 Å². The predicted octanol–water partition coefficient (Wildman–Crippen LogP) is 5.21. The number of nitrogens with one attached hydrogen (secondary N) is 2. The number of anilines is 1. The first-order valence-electron chi connectivity index (χ1n) is 12.4. The van der Waals surface area contributed by atoms with E-state index in [-0.39, 0.29) is 29.6 Å². The standard InChI is InChI=1S/C28H36N2O4/c1-2-34-28(33)23-17-15-21(16-18-23)20-24(27(32)30-25-13-7-4-8-14-25)12-9-19-29-26(31)22-10-5-3-6-11-22/h3-8,10-11,13-14,21,23-24H,2,9,12,15-20H2,1H3,(H,29,31)(H,30,32). The quantitative estimate of drug-likeness (QED) is 0.353. The van der Waals surface area contributed by atoms with Gasteiger partial charge in [0.1, 0.15) is 0 Å². The van der Waals surface area contributed by atoms with Gasteiger partial charge in [0.2, 0.25) is 5.91 Å². The van der Waals surface area contributed by atoms with Gasteiger partial charge in [0.05, 0.1) is 12.5 Å². The zero-order chi connectivity index (χ0) is 24.2. The second-order valence-corrected chi connectivity index (χ2v) is 9.02. The summed E-state index contributed by atoms with van der Waals surface area (Å²) >= 11 is 0. The lowest BCUT2D eigenvalue weighted by Crippen LogP contribution is -2.30. The molecule has 2 amide bonds. The molecule has 0 heterocycles. The number of amides is 2. The third kappa shape index (κ3) is 8.01. The molecule has 1 aliphatic rings. The fourth-order valence-electron chi connectivity index (χ4n) is 4.66. The summed E-state index contributed by atoms with van der Waals surface area (Å²) < 4.78 is 5.18. The van der Waals surface area contributed by atoms with Gasteiger partial charge >= 0.3 is 5.97 Å². The molecule has 1 fully saturated rings. The Morgan fingerprint density at radius 1 is 0.941 bits per heavy atom. The van der Waals surface area contributed by atoms with Crippen LogP contribution < -0.4 is 10.6 Å². The van der Waals surface area contributed by atoms with Gasteiger partial charge in [-0.1, -0.05) is 36.4 Å². The van der Waals surface area contributed by atoms with E-state index in [1.165, 1.54) is 0 Å². The SMILES string of the molecule is CCOC(=O)C1CCC(CC(CCCNC(=O)c2ccccc2)C(=O)Nc2ccccc2)CC1. The van der Waals surface area contributed by atoms with Crippen LogP contribution in [0.2, 0.25) is 0 Å². The van der Waals surface area contributed by atoms with E-state index >= 15 is 0 Å². The number of carbonyl (C=O) groups excluding carboxylic acids is 3. The second kappa shape index (κ2) is 13.5. The Hall–Kier alpha value is -3.15. The van der Waals surface area contributed by atoms with Gasteiger partial charge in [0, 0.05) is 23.7 Å². The summed E-state index contributed by atoms with van der Waals surface area (Å²) in [6, 6.07) is 18.7. The summed E-state index contributed by atoms with van der Waals surface area (Å²) in [5.41, 5.74) is 1.43. The topological polar surface area (TPSA) is 84.5 Å². The van der Waals surface area contributed by atoms with Crippen LogP contribution in [0, 0.1) is 17.8 Å². The Bertz CT molecular complexity index is 909. The maximum absolute atomic E-state index is 13.1. The Morgan fingerprint density at radius 2 is 1.59 bits per heavy atom. The predicted molar refractivity (Wildman–Crippen MR) is 133 cm³/mol. The largest absolute Gasteiger partial charge is 0.466 e. The molecule has 0 saturated heterocycles. The maximum atomic E-state index is 13.1. The molecule has 0 aliphatic heterocycles. The van der Waals surface area contributed by atoms with E-state index in [4.69, 9.17) is 4.74 Å². The average Bonchev–Trinajstić information content (AvgIpc) is 2.87. The summed E-state index contributed by atoms with van der Waals surface area (Å²) in [6.45, 7) is 2.78. The van der Waals surface area contributed by atoms with Crippen molar-refractivity contribution in [2.45, 2.75) is 51.9 Å². The van der Waals surface area contributed by atoms with Crippen molar-refractivity contribution in [3.05, 3.63) is 66.2 Å². The molecule has 0 aromatic heterocycles. The van der Waals surface area contributed by atoms with Crippen LogP contribution in [0.5, 0.6) is 0 Å². The molecule has 1 unspecified atom stereocenters. The molecule has 2 aromatic carbocycles. The average molecular weight is 465 g/mol. The van der Waals surface area contributed by atoms with E-state index in [2.05, 4.69) is 10.6 Å². The highest BCUT2D eigenvalue weighted by Gasteiger charge is 2.30. The van der Waals surface area contributed by atoms with Crippen LogP contribution in [0.1, 0.15) is 62.2 Å². The molecule has 0 spiro atoms. The number of ether oxygens (including phenoxy) is 1. The van der Waals surface area contributed by atoms with Gasteiger partial charge in [-0.2, -0.15) is 0 Å². The van der Waals surface area contributed by atoms with Crippen LogP contribution in [0.3, 0.4) is 0 Å². The number of hydrogen-bond acceptors (Lipinski definition) is 4. The van der Waals surface area contributed by atoms with Crippen LogP contribution >= 0.6 is 0 Å². The normalized spacial score (nSPS) is 18.5. The van der Waals surface area contributed by atoms with Gasteiger partial charge in [-0.05, 0) is 82.1 Å². The smallest absolute Gasteiger partial charge is 0.308 e. The number of para-hydroxylation sites is 1. The molecule has 6 heteroatoms. The third-order valence-corrected chi connectivity index (χ3v) is 6.55. The second-order valence-electron chi connectivity index (χ2n) is 9.02. The lowest BCUT2D eigenvalue weighted by molar-refractivity contribution is -0.149. The monoisotopic (exact) mass is 464 g/mol. The van der Waals surface area contributed by atoms with Gasteiger partial charge in [-0.15, -0.1) is 0 Å². The van der Waals surface area contributed by atoms with Crippen molar-refractivity contribution in [1.82, 2.24) is 5.32 Å². The van der Waals surface area contributed by atoms with Gasteiger partial charge in [0.25, 0.3) is 5.91 Å². The van der Waals surface area contributed by atoms with E-state index < -0.39 is 0 Å². The summed E-state index contributed by atoms with van der Waals surface area (Å²) in [5.74, 6) is 0.0971. The van der Waals surface area contributed by atoms with Crippen molar-refractivity contribution in [3.8, 4) is 0 Å². The van der Waals surface area contributed by atoms with Gasteiger partial charge in [-0.25, -0.2) is 0 Å². The van der Waals surface area contributed by atoms with Crippen molar-refractivity contribution >= 4 is 23.5 Å². The van der Waals surface area contributed by atoms with Gasteiger partial charge < -0.3 is 15.4 Å². The molecule has 0 radical (unpaired) electrons. The van der Waals surface area contributed by atoms with Crippen LogP contribution in [0.25, 0.3) is 0 Å². The first kappa shape index (κ1) is 25.5.